The molecule has 0 nitrogen and oxygen atoms in total. The van der Waals surface area contributed by atoms with Gasteiger partial charge in [0.2, 0.25) is 0 Å². The fourth-order valence-electron chi connectivity index (χ4n) is 4.09. The molecule has 0 radical (unpaired) electrons. The normalized spacial score (nSPS) is 62.5. The molecule has 0 bridgehead atoms. The van der Waals surface area contributed by atoms with Crippen LogP contribution >= 0.6 is 22.6 Å². The summed E-state index contributed by atoms with van der Waals surface area (Å²) in [6.45, 7) is 2.49. The van der Waals surface area contributed by atoms with E-state index in [1.807, 2.05) is 0 Å². The predicted molar refractivity (Wildman–Crippen MR) is 59.5 cm³/mol. The summed E-state index contributed by atoms with van der Waals surface area (Å²) < 4.78 is 1.04. The molecule has 4 unspecified atom stereocenters. The number of halogens is 1. The van der Waals surface area contributed by atoms with E-state index in [4.69, 9.17) is 0 Å². The molecular weight excluding hydrogens is 259 g/mol. The monoisotopic (exact) mass is 276 g/mol. The van der Waals surface area contributed by atoms with Crippen molar-refractivity contribution in [2.24, 2.45) is 23.2 Å². The molecular formula is C11H17I. The van der Waals surface area contributed by atoms with Crippen molar-refractivity contribution in [2.75, 3.05) is 0 Å². The fourth-order valence-corrected chi connectivity index (χ4v) is 5.43. The first-order chi connectivity index (χ1) is 5.74. The van der Waals surface area contributed by atoms with Crippen LogP contribution in [0.5, 0.6) is 0 Å². The van der Waals surface area contributed by atoms with Gasteiger partial charge >= 0.3 is 0 Å². The molecule has 0 aliphatic heterocycles. The van der Waals surface area contributed by atoms with E-state index in [0.717, 1.165) is 27.1 Å². The van der Waals surface area contributed by atoms with Crippen molar-refractivity contribution >= 4 is 22.6 Å². The SMILES string of the molecule is CC1CC2(CC[C@H]2I)C2CCC12. The van der Waals surface area contributed by atoms with Gasteiger partial charge in [-0.2, -0.15) is 0 Å². The van der Waals surface area contributed by atoms with Gasteiger partial charge in [-0.05, 0) is 55.3 Å². The second-order valence-corrected chi connectivity index (χ2v) is 6.77. The lowest BCUT2D eigenvalue weighted by Gasteiger charge is -2.53. The highest BCUT2D eigenvalue weighted by molar-refractivity contribution is 14.1. The first-order valence-electron chi connectivity index (χ1n) is 5.38. The van der Waals surface area contributed by atoms with E-state index in [1.54, 1.807) is 25.7 Å². The molecule has 68 valence electrons. The minimum atomic E-state index is 0.850. The van der Waals surface area contributed by atoms with E-state index in [9.17, 15) is 0 Å². The number of hydrogen-bond donors (Lipinski definition) is 0. The standard InChI is InChI=1S/C11H17I/c1-7-6-11(5-4-10(11)12)9-3-2-8(7)9/h7-10H,2-6H2,1H3/t7?,8?,9?,10-,11?/m1/s1. The van der Waals surface area contributed by atoms with Crippen LogP contribution in [0, 0.1) is 23.2 Å². The maximum Gasteiger partial charge on any atom is 0.0169 e. The van der Waals surface area contributed by atoms with Crippen molar-refractivity contribution in [3.63, 3.8) is 0 Å². The van der Waals surface area contributed by atoms with E-state index in [1.165, 1.54) is 6.42 Å². The Balaban J connectivity index is 1.88. The summed E-state index contributed by atoms with van der Waals surface area (Å²) in [5.74, 6) is 3.35. The van der Waals surface area contributed by atoms with Gasteiger partial charge in [0.1, 0.15) is 0 Å². The highest BCUT2D eigenvalue weighted by Gasteiger charge is 2.61. The summed E-state index contributed by atoms with van der Waals surface area (Å²) >= 11 is 2.72. The summed E-state index contributed by atoms with van der Waals surface area (Å²) in [5, 5.41) is 0. The Labute approximate surface area is 88.6 Å². The minimum absolute atomic E-state index is 0.850. The lowest BCUT2D eigenvalue weighted by Crippen LogP contribution is -2.47. The average Bonchev–Trinajstić information content (AvgIpc) is 2.17. The topological polar surface area (TPSA) is 0 Å². The van der Waals surface area contributed by atoms with E-state index in [-0.39, 0.29) is 0 Å². The van der Waals surface area contributed by atoms with Gasteiger partial charge in [-0.25, -0.2) is 0 Å². The zero-order valence-electron chi connectivity index (χ0n) is 7.72. The third-order valence-electron chi connectivity index (χ3n) is 4.99. The largest absolute Gasteiger partial charge is 0.0820 e. The quantitative estimate of drug-likeness (QED) is 0.468. The van der Waals surface area contributed by atoms with Crippen LogP contribution in [0.25, 0.3) is 0 Å². The minimum Gasteiger partial charge on any atom is -0.0820 e. The predicted octanol–water partition coefficient (Wildman–Crippen LogP) is 3.64. The molecule has 0 aromatic heterocycles. The molecule has 1 heteroatoms. The van der Waals surface area contributed by atoms with Crippen molar-refractivity contribution in [1.82, 2.24) is 0 Å². The summed E-state index contributed by atoms with van der Waals surface area (Å²) in [6.07, 6.45) is 7.75. The van der Waals surface area contributed by atoms with Crippen LogP contribution < -0.4 is 0 Å². The molecule has 3 fully saturated rings. The Morgan fingerprint density at radius 3 is 2.33 bits per heavy atom. The van der Waals surface area contributed by atoms with Crippen LogP contribution in [0.15, 0.2) is 0 Å². The van der Waals surface area contributed by atoms with Crippen LogP contribution in [0.4, 0.5) is 0 Å². The van der Waals surface area contributed by atoms with Gasteiger partial charge in [0.25, 0.3) is 0 Å². The van der Waals surface area contributed by atoms with Gasteiger partial charge in [-0.15, -0.1) is 0 Å². The van der Waals surface area contributed by atoms with Crippen LogP contribution in [0.1, 0.15) is 39.0 Å². The molecule has 0 heterocycles. The van der Waals surface area contributed by atoms with Gasteiger partial charge in [0.15, 0.2) is 0 Å². The van der Waals surface area contributed by atoms with Gasteiger partial charge in [-0.3, -0.25) is 0 Å². The van der Waals surface area contributed by atoms with Crippen molar-refractivity contribution < 1.29 is 0 Å². The van der Waals surface area contributed by atoms with E-state index in [2.05, 4.69) is 29.5 Å². The van der Waals surface area contributed by atoms with Gasteiger partial charge in [0, 0.05) is 3.92 Å². The second-order valence-electron chi connectivity index (χ2n) is 5.27. The molecule has 0 saturated heterocycles. The molecule has 0 amide bonds. The van der Waals surface area contributed by atoms with Gasteiger partial charge in [0.05, 0.1) is 0 Å². The summed E-state index contributed by atoms with van der Waals surface area (Å²) in [4.78, 5) is 0. The van der Waals surface area contributed by atoms with E-state index in [0.29, 0.717) is 0 Å². The average molecular weight is 276 g/mol. The number of rotatable bonds is 0. The van der Waals surface area contributed by atoms with Crippen molar-refractivity contribution in [3.05, 3.63) is 0 Å². The molecule has 0 aromatic rings. The van der Waals surface area contributed by atoms with Gasteiger partial charge in [-0.1, -0.05) is 29.5 Å². The zero-order valence-corrected chi connectivity index (χ0v) is 9.88. The van der Waals surface area contributed by atoms with E-state index >= 15 is 0 Å². The maximum atomic E-state index is 2.72. The Kier molecular flexibility index (Phi) is 1.61. The molecule has 3 aliphatic carbocycles. The van der Waals surface area contributed by atoms with Crippen molar-refractivity contribution in [2.45, 2.75) is 43.0 Å². The third-order valence-corrected chi connectivity index (χ3v) is 6.85. The lowest BCUT2D eigenvalue weighted by atomic mass is 9.56. The van der Waals surface area contributed by atoms with Crippen LogP contribution in [0.3, 0.4) is 0 Å². The smallest absolute Gasteiger partial charge is 0.0169 e. The molecule has 0 N–H and O–H groups in total. The summed E-state index contributed by atoms with van der Waals surface area (Å²) in [5.41, 5.74) is 0.850. The third kappa shape index (κ3) is 0.753. The highest BCUT2D eigenvalue weighted by Crippen LogP contribution is 2.69. The summed E-state index contributed by atoms with van der Waals surface area (Å²) in [7, 11) is 0. The van der Waals surface area contributed by atoms with Gasteiger partial charge < -0.3 is 0 Å². The molecule has 3 aliphatic rings. The maximum absolute atomic E-state index is 2.72. The first-order valence-corrected chi connectivity index (χ1v) is 6.63. The first kappa shape index (κ1) is 8.07. The number of hydrogen-bond acceptors (Lipinski definition) is 0. The lowest BCUT2D eigenvalue weighted by molar-refractivity contribution is 0.0256. The molecule has 0 aromatic carbocycles. The van der Waals surface area contributed by atoms with Crippen molar-refractivity contribution in [1.29, 1.82) is 0 Å². The molecule has 5 atom stereocenters. The molecule has 1 spiro atoms. The molecule has 3 rings (SSSR count). The Morgan fingerprint density at radius 2 is 2.08 bits per heavy atom. The molecule has 3 saturated carbocycles. The van der Waals surface area contributed by atoms with Crippen molar-refractivity contribution in [3.8, 4) is 0 Å². The zero-order chi connectivity index (χ0) is 8.34. The fraction of sp³-hybridized carbons (Fsp3) is 1.00. The second kappa shape index (κ2) is 2.40. The molecule has 12 heavy (non-hydrogen) atoms. The van der Waals surface area contributed by atoms with E-state index < -0.39 is 0 Å². The van der Waals surface area contributed by atoms with Crippen LogP contribution in [-0.4, -0.2) is 3.92 Å². The Bertz CT molecular complexity index is 213. The Morgan fingerprint density at radius 1 is 1.25 bits per heavy atom. The number of fused-ring (bicyclic) bond motifs is 2. The highest BCUT2D eigenvalue weighted by atomic mass is 127. The van der Waals surface area contributed by atoms with Crippen LogP contribution in [-0.2, 0) is 0 Å². The summed E-state index contributed by atoms with van der Waals surface area (Å²) in [6, 6.07) is 0. The number of alkyl halides is 1. The van der Waals surface area contributed by atoms with Crippen LogP contribution in [0.2, 0.25) is 0 Å². The Hall–Kier alpha value is 0.730.